The molecule has 1 aromatic rings. The highest BCUT2D eigenvalue weighted by Crippen LogP contribution is 2.25. The van der Waals surface area contributed by atoms with Gasteiger partial charge in [-0.05, 0) is 37.3 Å². The molecule has 0 aromatic heterocycles. The van der Waals surface area contributed by atoms with E-state index >= 15 is 0 Å². The topological polar surface area (TPSA) is 77.1 Å². The molecule has 7 heteroatoms. The van der Waals surface area contributed by atoms with E-state index in [1.807, 2.05) is 12.1 Å². The monoisotopic (exact) mass is 364 g/mol. The maximum Gasteiger partial charge on any atom is 0.409 e. The molecule has 0 aliphatic carbocycles. The van der Waals surface area contributed by atoms with Gasteiger partial charge in [0.15, 0.2) is 0 Å². The lowest BCUT2D eigenvalue weighted by atomic mass is 9.93. The van der Waals surface area contributed by atoms with Crippen molar-refractivity contribution >= 4 is 12.0 Å². The number of carbonyl (C=O) groups is 2. The largest absolute Gasteiger partial charge is 0.497 e. The highest BCUT2D eigenvalue weighted by atomic mass is 16.5. The Morgan fingerprint density at radius 3 is 2.73 bits per heavy atom. The molecule has 0 radical (unpaired) electrons. The summed E-state index contributed by atoms with van der Waals surface area (Å²) in [6.45, 7) is 1.80. The predicted octanol–water partition coefficient (Wildman–Crippen LogP) is 2.58. The van der Waals surface area contributed by atoms with Crippen molar-refractivity contribution < 1.29 is 23.8 Å². The molecule has 26 heavy (non-hydrogen) atoms. The van der Waals surface area contributed by atoms with Crippen LogP contribution < -0.4 is 14.8 Å². The SMILES string of the molecule is COC(=O)N1CCC[C@@H](CCC(=O)NCc2ccc(OC)cc2OC)C1. The van der Waals surface area contributed by atoms with Crippen LogP contribution in [0, 0.1) is 5.92 Å². The normalized spacial score (nSPS) is 16.7. The van der Waals surface area contributed by atoms with E-state index in [2.05, 4.69) is 5.32 Å². The van der Waals surface area contributed by atoms with Crippen molar-refractivity contribution in [2.24, 2.45) is 5.92 Å². The summed E-state index contributed by atoms with van der Waals surface area (Å²) in [6.07, 6.45) is 2.90. The average molecular weight is 364 g/mol. The Morgan fingerprint density at radius 2 is 2.04 bits per heavy atom. The van der Waals surface area contributed by atoms with Gasteiger partial charge in [-0.25, -0.2) is 4.79 Å². The molecule has 1 fully saturated rings. The number of nitrogens with zero attached hydrogens (tertiary/aromatic N) is 1. The van der Waals surface area contributed by atoms with Gasteiger partial charge in [-0.15, -0.1) is 0 Å². The molecule has 1 aromatic carbocycles. The second-order valence-corrected chi connectivity index (χ2v) is 6.42. The molecule has 1 heterocycles. The Morgan fingerprint density at radius 1 is 1.23 bits per heavy atom. The Hall–Kier alpha value is -2.44. The van der Waals surface area contributed by atoms with Crippen molar-refractivity contribution in [3.63, 3.8) is 0 Å². The summed E-state index contributed by atoms with van der Waals surface area (Å²) in [7, 11) is 4.59. The van der Waals surface area contributed by atoms with Crippen LogP contribution in [0.3, 0.4) is 0 Å². The summed E-state index contributed by atoms with van der Waals surface area (Å²) in [6, 6.07) is 5.52. The van der Waals surface area contributed by atoms with Gasteiger partial charge in [-0.1, -0.05) is 0 Å². The molecule has 0 saturated carbocycles. The van der Waals surface area contributed by atoms with E-state index in [-0.39, 0.29) is 12.0 Å². The van der Waals surface area contributed by atoms with Crippen molar-refractivity contribution in [2.45, 2.75) is 32.2 Å². The molecule has 1 atom stereocenters. The fourth-order valence-corrected chi connectivity index (χ4v) is 3.21. The first-order chi connectivity index (χ1) is 12.6. The zero-order valence-electron chi connectivity index (χ0n) is 15.7. The Kier molecular flexibility index (Phi) is 7.56. The number of hydrogen-bond donors (Lipinski definition) is 1. The van der Waals surface area contributed by atoms with Crippen LogP contribution in [0.25, 0.3) is 0 Å². The summed E-state index contributed by atoms with van der Waals surface area (Å²) >= 11 is 0. The maximum absolute atomic E-state index is 12.2. The second kappa shape index (κ2) is 9.89. The van der Waals surface area contributed by atoms with Crippen LogP contribution in [0.15, 0.2) is 18.2 Å². The van der Waals surface area contributed by atoms with Crippen LogP contribution in [0.4, 0.5) is 4.79 Å². The van der Waals surface area contributed by atoms with Gasteiger partial charge in [0.2, 0.25) is 5.91 Å². The van der Waals surface area contributed by atoms with Crippen LogP contribution >= 0.6 is 0 Å². The first kappa shape index (κ1) is 19.9. The van der Waals surface area contributed by atoms with Gasteiger partial charge < -0.3 is 24.4 Å². The highest BCUT2D eigenvalue weighted by Gasteiger charge is 2.24. The average Bonchev–Trinajstić information content (AvgIpc) is 2.70. The molecule has 1 saturated heterocycles. The van der Waals surface area contributed by atoms with Crippen LogP contribution in [-0.2, 0) is 16.1 Å². The smallest absolute Gasteiger partial charge is 0.409 e. The minimum atomic E-state index is -0.286. The third-order valence-electron chi connectivity index (χ3n) is 4.70. The van der Waals surface area contributed by atoms with Crippen molar-refractivity contribution in [3.05, 3.63) is 23.8 Å². The predicted molar refractivity (Wildman–Crippen MR) is 97.3 cm³/mol. The third-order valence-corrected chi connectivity index (χ3v) is 4.70. The van der Waals surface area contributed by atoms with Crippen LogP contribution in [0.2, 0.25) is 0 Å². The number of methoxy groups -OCH3 is 3. The summed E-state index contributed by atoms with van der Waals surface area (Å²) in [5, 5.41) is 2.93. The van der Waals surface area contributed by atoms with Crippen molar-refractivity contribution in [1.29, 1.82) is 0 Å². The van der Waals surface area contributed by atoms with Gasteiger partial charge in [0.25, 0.3) is 0 Å². The zero-order chi connectivity index (χ0) is 18.9. The van der Waals surface area contributed by atoms with Crippen LogP contribution in [-0.4, -0.2) is 51.3 Å². The number of benzene rings is 1. The fraction of sp³-hybridized carbons (Fsp3) is 0.579. The van der Waals surface area contributed by atoms with Crippen molar-refractivity contribution in [3.8, 4) is 11.5 Å². The standard InChI is InChI=1S/C19H28N2O5/c1-24-16-8-7-15(17(11-16)25-2)12-20-18(22)9-6-14-5-4-10-21(13-14)19(23)26-3/h7-8,11,14H,4-6,9-10,12-13H2,1-3H3,(H,20,22)/t14-/m0/s1. The summed E-state index contributed by atoms with van der Waals surface area (Å²) in [5.74, 6) is 1.73. The first-order valence-electron chi connectivity index (χ1n) is 8.87. The van der Waals surface area contributed by atoms with Crippen molar-refractivity contribution in [2.75, 3.05) is 34.4 Å². The number of nitrogens with one attached hydrogen (secondary N) is 1. The lowest BCUT2D eigenvalue weighted by Crippen LogP contribution is -2.40. The van der Waals surface area contributed by atoms with Gasteiger partial charge in [0.1, 0.15) is 11.5 Å². The molecular formula is C19H28N2O5. The first-order valence-corrected chi connectivity index (χ1v) is 8.87. The second-order valence-electron chi connectivity index (χ2n) is 6.42. The van der Waals surface area contributed by atoms with E-state index in [0.29, 0.717) is 36.9 Å². The lowest BCUT2D eigenvalue weighted by molar-refractivity contribution is -0.121. The Labute approximate surface area is 154 Å². The van der Waals surface area contributed by atoms with E-state index in [0.717, 1.165) is 31.4 Å². The molecule has 144 valence electrons. The number of likely N-dealkylation sites (tertiary alicyclic amines) is 1. The lowest BCUT2D eigenvalue weighted by Gasteiger charge is -2.31. The molecule has 0 spiro atoms. The van der Waals surface area contributed by atoms with E-state index in [1.54, 1.807) is 25.2 Å². The maximum atomic E-state index is 12.2. The van der Waals surface area contributed by atoms with Gasteiger partial charge >= 0.3 is 6.09 Å². The fourth-order valence-electron chi connectivity index (χ4n) is 3.21. The van der Waals surface area contributed by atoms with Gasteiger partial charge in [-0.3, -0.25) is 4.79 Å². The molecule has 2 amide bonds. The number of rotatable bonds is 7. The third kappa shape index (κ3) is 5.54. The highest BCUT2D eigenvalue weighted by molar-refractivity contribution is 5.76. The quantitative estimate of drug-likeness (QED) is 0.805. The zero-order valence-corrected chi connectivity index (χ0v) is 15.7. The number of hydrogen-bond acceptors (Lipinski definition) is 5. The van der Waals surface area contributed by atoms with E-state index < -0.39 is 0 Å². The molecular weight excluding hydrogens is 336 g/mol. The number of ether oxygens (including phenoxy) is 3. The summed E-state index contributed by atoms with van der Waals surface area (Å²) < 4.78 is 15.3. The minimum absolute atomic E-state index is 0.00179. The summed E-state index contributed by atoms with van der Waals surface area (Å²) in [4.78, 5) is 25.5. The number of piperidine rings is 1. The van der Waals surface area contributed by atoms with Gasteiger partial charge in [0.05, 0.1) is 21.3 Å². The van der Waals surface area contributed by atoms with E-state index in [4.69, 9.17) is 14.2 Å². The Bertz CT molecular complexity index is 620. The number of carbonyl (C=O) groups excluding carboxylic acids is 2. The minimum Gasteiger partial charge on any atom is -0.497 e. The number of amides is 2. The molecule has 1 aliphatic rings. The van der Waals surface area contributed by atoms with Crippen LogP contribution in [0.5, 0.6) is 11.5 Å². The molecule has 2 rings (SSSR count). The van der Waals surface area contributed by atoms with Crippen LogP contribution in [0.1, 0.15) is 31.2 Å². The molecule has 1 aliphatic heterocycles. The Balaban J connectivity index is 1.78. The molecule has 1 N–H and O–H groups in total. The van der Waals surface area contributed by atoms with Gasteiger partial charge in [0, 0.05) is 37.7 Å². The van der Waals surface area contributed by atoms with Crippen molar-refractivity contribution in [1.82, 2.24) is 10.2 Å². The molecule has 0 bridgehead atoms. The summed E-state index contributed by atoms with van der Waals surface area (Å²) in [5.41, 5.74) is 0.899. The van der Waals surface area contributed by atoms with E-state index in [9.17, 15) is 9.59 Å². The molecule has 0 unspecified atom stereocenters. The van der Waals surface area contributed by atoms with E-state index in [1.165, 1.54) is 7.11 Å². The molecule has 7 nitrogen and oxygen atoms in total. The van der Waals surface area contributed by atoms with Gasteiger partial charge in [-0.2, -0.15) is 0 Å².